The average molecular weight is 347 g/mol. The Hall–Kier alpha value is -3.47. The highest BCUT2D eigenvalue weighted by Gasteiger charge is 2.28. The second-order valence-electron chi connectivity index (χ2n) is 5.93. The van der Waals surface area contributed by atoms with Crippen molar-refractivity contribution in [2.24, 2.45) is 0 Å². The summed E-state index contributed by atoms with van der Waals surface area (Å²) in [5.41, 5.74) is 1.78. The number of carbonyl (C=O) groups is 1. The Kier molecular flexibility index (Phi) is 4.19. The summed E-state index contributed by atoms with van der Waals surface area (Å²) >= 11 is 0. The van der Waals surface area contributed by atoms with Gasteiger partial charge >= 0.3 is 0 Å². The molecule has 2 N–H and O–H groups in total. The van der Waals surface area contributed by atoms with Gasteiger partial charge in [0.1, 0.15) is 11.5 Å². The van der Waals surface area contributed by atoms with Gasteiger partial charge in [-0.15, -0.1) is 0 Å². The number of hydrogen-bond donors (Lipinski definition) is 2. The van der Waals surface area contributed by atoms with Crippen molar-refractivity contribution in [1.29, 1.82) is 0 Å². The van der Waals surface area contributed by atoms with E-state index in [-0.39, 0.29) is 30.1 Å². The van der Waals surface area contributed by atoms with Gasteiger partial charge in [-0.1, -0.05) is 48.5 Å². The number of ether oxygens (including phenoxy) is 2. The third-order valence-electron chi connectivity index (χ3n) is 4.21. The third kappa shape index (κ3) is 3.07. The van der Waals surface area contributed by atoms with Gasteiger partial charge in [0, 0.05) is 11.1 Å². The molecule has 1 aliphatic heterocycles. The van der Waals surface area contributed by atoms with Gasteiger partial charge in [0.05, 0.1) is 6.04 Å². The van der Waals surface area contributed by atoms with E-state index >= 15 is 0 Å². The minimum atomic E-state index is -0.323. The maximum Gasteiger partial charge on any atom is 0.258 e. The normalized spacial score (nSPS) is 12.5. The Labute approximate surface area is 150 Å². The Morgan fingerprint density at radius 1 is 0.923 bits per heavy atom. The fraction of sp³-hybridized carbons (Fsp3) is 0.0952. The van der Waals surface area contributed by atoms with E-state index in [2.05, 4.69) is 5.32 Å². The van der Waals surface area contributed by atoms with Crippen LogP contribution >= 0.6 is 0 Å². The van der Waals surface area contributed by atoms with E-state index in [0.29, 0.717) is 0 Å². The van der Waals surface area contributed by atoms with Crippen LogP contribution in [0.25, 0.3) is 0 Å². The second kappa shape index (κ2) is 6.80. The molecule has 0 atom stereocenters. The fourth-order valence-corrected chi connectivity index (χ4v) is 2.99. The van der Waals surface area contributed by atoms with Crippen LogP contribution in [0.1, 0.15) is 17.2 Å². The largest absolute Gasteiger partial charge is 0.504 e. The summed E-state index contributed by atoms with van der Waals surface area (Å²) in [6.45, 7) is -0.195. The lowest BCUT2D eigenvalue weighted by atomic mass is 9.94. The maximum absolute atomic E-state index is 12.5. The first-order valence-corrected chi connectivity index (χ1v) is 8.28. The number of para-hydroxylation sites is 4. The van der Waals surface area contributed by atoms with E-state index in [0.717, 1.165) is 22.6 Å². The molecule has 4 rings (SSSR count). The number of rotatable bonds is 4. The molecule has 1 heterocycles. The Bertz CT molecular complexity index is 909. The fourth-order valence-electron chi connectivity index (χ4n) is 2.99. The number of nitrogens with one attached hydrogen (secondary N) is 1. The predicted molar refractivity (Wildman–Crippen MR) is 96.5 cm³/mol. The van der Waals surface area contributed by atoms with Crippen molar-refractivity contribution >= 4 is 5.91 Å². The van der Waals surface area contributed by atoms with Crippen molar-refractivity contribution in [3.63, 3.8) is 0 Å². The lowest BCUT2D eigenvalue weighted by Gasteiger charge is -2.28. The van der Waals surface area contributed by atoms with Crippen LogP contribution in [0.2, 0.25) is 0 Å². The summed E-state index contributed by atoms with van der Waals surface area (Å²) in [6.07, 6.45) is 0. The SMILES string of the molecule is O=C(COc1ccccc1O)NC1c2ccccc2Oc2ccccc21. The number of phenols is 1. The molecular weight excluding hydrogens is 330 g/mol. The molecule has 0 spiro atoms. The maximum atomic E-state index is 12.5. The second-order valence-corrected chi connectivity index (χ2v) is 5.93. The monoisotopic (exact) mass is 347 g/mol. The van der Waals surface area contributed by atoms with Crippen molar-refractivity contribution in [2.75, 3.05) is 6.61 Å². The molecule has 3 aromatic rings. The molecule has 0 unspecified atom stereocenters. The van der Waals surface area contributed by atoms with Crippen LogP contribution < -0.4 is 14.8 Å². The highest BCUT2D eigenvalue weighted by atomic mass is 16.5. The molecule has 0 aromatic heterocycles. The number of hydrogen-bond acceptors (Lipinski definition) is 4. The molecule has 0 saturated carbocycles. The zero-order valence-electron chi connectivity index (χ0n) is 13.9. The van der Waals surface area contributed by atoms with Crippen LogP contribution in [0.4, 0.5) is 0 Å². The summed E-state index contributed by atoms with van der Waals surface area (Å²) in [5, 5.41) is 12.7. The molecule has 1 amide bonds. The van der Waals surface area contributed by atoms with Crippen molar-refractivity contribution in [3.8, 4) is 23.0 Å². The van der Waals surface area contributed by atoms with Crippen molar-refractivity contribution in [2.45, 2.75) is 6.04 Å². The number of benzene rings is 3. The lowest BCUT2D eigenvalue weighted by Crippen LogP contribution is -2.34. The average Bonchev–Trinajstić information content (AvgIpc) is 2.67. The van der Waals surface area contributed by atoms with Crippen molar-refractivity contribution < 1.29 is 19.4 Å². The number of aromatic hydroxyl groups is 1. The molecular formula is C21H17NO4. The lowest BCUT2D eigenvalue weighted by molar-refractivity contribution is -0.123. The van der Waals surface area contributed by atoms with E-state index in [4.69, 9.17) is 9.47 Å². The zero-order chi connectivity index (χ0) is 17.9. The molecule has 0 aliphatic carbocycles. The van der Waals surface area contributed by atoms with Gasteiger partial charge in [0.25, 0.3) is 5.91 Å². The summed E-state index contributed by atoms with van der Waals surface area (Å²) < 4.78 is 11.3. The van der Waals surface area contributed by atoms with Gasteiger partial charge < -0.3 is 19.9 Å². The summed E-state index contributed by atoms with van der Waals surface area (Å²) in [5.74, 6) is 1.43. The van der Waals surface area contributed by atoms with Gasteiger partial charge in [-0.05, 0) is 24.3 Å². The molecule has 0 radical (unpaired) electrons. The standard InChI is InChI=1S/C21H17NO4/c23-16-9-3-6-12-19(16)25-13-20(24)22-21-14-7-1-4-10-17(14)26-18-11-5-2-8-15(18)21/h1-12,21,23H,13H2,(H,22,24). The van der Waals surface area contributed by atoms with Gasteiger partial charge in [-0.3, -0.25) is 4.79 Å². The molecule has 0 bridgehead atoms. The molecule has 5 nitrogen and oxygen atoms in total. The van der Waals surface area contributed by atoms with Crippen LogP contribution in [0.15, 0.2) is 72.8 Å². The van der Waals surface area contributed by atoms with Crippen LogP contribution in [0.5, 0.6) is 23.0 Å². The van der Waals surface area contributed by atoms with E-state index in [1.54, 1.807) is 18.2 Å². The van der Waals surface area contributed by atoms with Crippen molar-refractivity contribution in [1.82, 2.24) is 5.32 Å². The highest BCUT2D eigenvalue weighted by Crippen LogP contribution is 2.42. The van der Waals surface area contributed by atoms with Crippen LogP contribution in [0.3, 0.4) is 0 Å². The Balaban J connectivity index is 1.54. The van der Waals surface area contributed by atoms with Crippen LogP contribution in [0, 0.1) is 0 Å². The Morgan fingerprint density at radius 2 is 1.50 bits per heavy atom. The van der Waals surface area contributed by atoms with E-state index in [1.807, 2.05) is 48.5 Å². The molecule has 0 fully saturated rings. The first-order valence-electron chi connectivity index (χ1n) is 8.28. The molecule has 0 saturated heterocycles. The van der Waals surface area contributed by atoms with E-state index in [1.165, 1.54) is 6.07 Å². The molecule has 130 valence electrons. The van der Waals surface area contributed by atoms with E-state index in [9.17, 15) is 9.90 Å². The van der Waals surface area contributed by atoms with E-state index < -0.39 is 0 Å². The minimum Gasteiger partial charge on any atom is -0.504 e. The van der Waals surface area contributed by atoms with Gasteiger partial charge in [-0.25, -0.2) is 0 Å². The topological polar surface area (TPSA) is 67.8 Å². The van der Waals surface area contributed by atoms with Gasteiger partial charge in [0.15, 0.2) is 18.1 Å². The number of phenolic OH excluding ortho intramolecular Hbond substituents is 1. The smallest absolute Gasteiger partial charge is 0.258 e. The molecule has 1 aliphatic rings. The number of carbonyl (C=O) groups excluding carboxylic acids is 1. The summed E-state index contributed by atoms with van der Waals surface area (Å²) in [6, 6.07) is 21.5. The number of amides is 1. The quantitative estimate of drug-likeness (QED) is 0.754. The molecule has 26 heavy (non-hydrogen) atoms. The number of fused-ring (bicyclic) bond motifs is 2. The molecule has 3 aromatic carbocycles. The van der Waals surface area contributed by atoms with Crippen LogP contribution in [-0.2, 0) is 4.79 Å². The van der Waals surface area contributed by atoms with Crippen LogP contribution in [-0.4, -0.2) is 17.6 Å². The van der Waals surface area contributed by atoms with Crippen molar-refractivity contribution in [3.05, 3.63) is 83.9 Å². The highest BCUT2D eigenvalue weighted by molar-refractivity contribution is 5.79. The summed E-state index contributed by atoms with van der Waals surface area (Å²) in [4.78, 5) is 12.5. The van der Waals surface area contributed by atoms with Gasteiger partial charge in [0.2, 0.25) is 0 Å². The Morgan fingerprint density at radius 3 is 2.15 bits per heavy atom. The van der Waals surface area contributed by atoms with Gasteiger partial charge in [-0.2, -0.15) is 0 Å². The summed E-state index contributed by atoms with van der Waals surface area (Å²) in [7, 11) is 0. The third-order valence-corrected chi connectivity index (χ3v) is 4.21. The molecule has 5 heteroatoms. The predicted octanol–water partition coefficient (Wildman–Crippen LogP) is 3.78. The first kappa shape index (κ1) is 16.0. The minimum absolute atomic E-state index is 0.00191. The first-order chi connectivity index (χ1) is 12.7. The zero-order valence-corrected chi connectivity index (χ0v) is 13.9.